The highest BCUT2D eigenvalue weighted by Crippen LogP contribution is 2.29. The van der Waals surface area contributed by atoms with Crippen molar-refractivity contribution in [3.63, 3.8) is 0 Å². The van der Waals surface area contributed by atoms with Crippen LogP contribution in [0.5, 0.6) is 0 Å². The second kappa shape index (κ2) is 17.1. The summed E-state index contributed by atoms with van der Waals surface area (Å²) in [5, 5.41) is 27.3. The van der Waals surface area contributed by atoms with E-state index in [0.29, 0.717) is 10.5 Å². The molecule has 0 aliphatic heterocycles. The summed E-state index contributed by atoms with van der Waals surface area (Å²) in [6.07, 6.45) is 3.12. The third-order valence-electron chi connectivity index (χ3n) is 6.14. The van der Waals surface area contributed by atoms with Gasteiger partial charge in [-0.15, -0.1) is 20.4 Å². The van der Waals surface area contributed by atoms with Crippen molar-refractivity contribution in [2.45, 2.75) is 107 Å². The van der Waals surface area contributed by atoms with E-state index in [1.165, 1.54) is 33.6 Å². The van der Waals surface area contributed by atoms with Crippen molar-refractivity contribution in [3.8, 4) is 0 Å². The molecule has 0 aliphatic carbocycles. The van der Waals surface area contributed by atoms with Crippen LogP contribution in [0.3, 0.4) is 0 Å². The molecule has 0 saturated carbocycles. The molecule has 2 aromatic carbocycles. The Morgan fingerprint density at radius 2 is 1.05 bits per heavy atom. The fraction of sp³-hybridized carbons (Fsp3) is 0.484. The van der Waals surface area contributed by atoms with Gasteiger partial charge in [-0.2, -0.15) is 0 Å². The molecule has 0 fully saturated rings. The van der Waals surface area contributed by atoms with Gasteiger partial charge < -0.3 is 10.6 Å². The first kappa shape index (κ1) is 33.4. The lowest BCUT2D eigenvalue weighted by molar-refractivity contribution is 0.939. The van der Waals surface area contributed by atoms with Crippen LogP contribution in [0.4, 0.5) is 11.4 Å². The highest BCUT2D eigenvalue weighted by Gasteiger charge is 2.11. The Bertz CT molecular complexity index is 1330. The first-order valence-electron chi connectivity index (χ1n) is 14.4. The predicted octanol–water partition coefficient (Wildman–Crippen LogP) is 9.30. The van der Waals surface area contributed by atoms with E-state index in [0.717, 1.165) is 51.0 Å². The number of para-hydroxylation sites is 2. The van der Waals surface area contributed by atoms with Crippen LogP contribution in [-0.4, -0.2) is 30.9 Å². The van der Waals surface area contributed by atoms with Gasteiger partial charge >= 0.3 is 0 Å². The second-order valence-electron chi connectivity index (χ2n) is 10.1. The van der Waals surface area contributed by atoms with Crippen molar-refractivity contribution in [1.29, 1.82) is 0 Å². The van der Waals surface area contributed by atoms with E-state index in [2.05, 4.69) is 123 Å². The molecule has 0 bridgehead atoms. The topological polar surface area (TPSA) is 75.6 Å². The second-order valence-corrected chi connectivity index (χ2v) is 15.9. The van der Waals surface area contributed by atoms with Crippen molar-refractivity contribution < 1.29 is 0 Å². The Morgan fingerprint density at radius 1 is 0.634 bits per heavy atom. The molecule has 41 heavy (non-hydrogen) atoms. The predicted molar refractivity (Wildman–Crippen MR) is 182 cm³/mol. The Kier molecular flexibility index (Phi) is 13.9. The van der Waals surface area contributed by atoms with Crippen LogP contribution in [0.15, 0.2) is 45.1 Å². The number of aryl methyl sites for hydroxylation is 4. The molecule has 4 aromatic rings. The van der Waals surface area contributed by atoms with Gasteiger partial charge in [0.15, 0.2) is 8.68 Å². The standard InChI is InChI=1S/C16H23N3S2.C15H21N3S2/c1-5-12-8-7-9-13(6-2)15(12)17-10-14-18-19-16(21-14)20-11(3)4;1-5-12-8-6-7-11(4)14(12)16-9-13-17-18-15(20-13)19-10(2)3/h7-9,11,17H,5-6,10H2,1-4H3;6-8,10,16H,5,9H2,1-4H3. The Labute approximate surface area is 263 Å². The highest BCUT2D eigenvalue weighted by atomic mass is 32.2. The third-order valence-corrected chi connectivity index (χ3v) is 10.2. The minimum Gasteiger partial charge on any atom is -0.378 e. The Balaban J connectivity index is 0.000000226. The Morgan fingerprint density at radius 3 is 1.49 bits per heavy atom. The number of hydrogen-bond donors (Lipinski definition) is 2. The molecule has 4 rings (SSSR count). The zero-order chi connectivity index (χ0) is 29.8. The number of anilines is 2. The molecular weight excluding hydrogens is 585 g/mol. The van der Waals surface area contributed by atoms with Crippen molar-refractivity contribution in [1.82, 2.24) is 20.4 Å². The van der Waals surface area contributed by atoms with Gasteiger partial charge in [0.2, 0.25) is 0 Å². The molecule has 222 valence electrons. The van der Waals surface area contributed by atoms with E-state index in [9.17, 15) is 0 Å². The maximum atomic E-state index is 4.28. The number of rotatable bonds is 13. The molecule has 6 nitrogen and oxygen atoms in total. The summed E-state index contributed by atoms with van der Waals surface area (Å²) in [6.45, 7) is 18.9. The molecule has 2 aromatic heterocycles. The van der Waals surface area contributed by atoms with E-state index in [-0.39, 0.29) is 0 Å². The summed E-state index contributed by atoms with van der Waals surface area (Å²) >= 11 is 6.91. The van der Waals surface area contributed by atoms with Crippen molar-refractivity contribution in [3.05, 3.63) is 68.7 Å². The molecule has 0 amide bonds. The van der Waals surface area contributed by atoms with Crippen molar-refractivity contribution >= 4 is 57.6 Å². The maximum absolute atomic E-state index is 4.28. The van der Waals surface area contributed by atoms with Gasteiger partial charge in [-0.3, -0.25) is 0 Å². The normalized spacial score (nSPS) is 11.1. The van der Waals surface area contributed by atoms with Crippen LogP contribution in [0, 0.1) is 6.92 Å². The number of aromatic nitrogens is 4. The molecule has 0 saturated heterocycles. The molecular formula is C31H44N6S4. The third kappa shape index (κ3) is 10.6. The summed E-state index contributed by atoms with van der Waals surface area (Å²) in [4.78, 5) is 0. The summed E-state index contributed by atoms with van der Waals surface area (Å²) in [5.41, 5.74) is 7.89. The lowest BCUT2D eigenvalue weighted by Gasteiger charge is -2.14. The molecule has 0 atom stereocenters. The zero-order valence-corrected chi connectivity index (χ0v) is 28.8. The van der Waals surface area contributed by atoms with E-state index in [1.54, 1.807) is 46.2 Å². The van der Waals surface area contributed by atoms with Gasteiger partial charge in [0.1, 0.15) is 10.0 Å². The zero-order valence-electron chi connectivity index (χ0n) is 25.6. The molecule has 0 aliphatic rings. The van der Waals surface area contributed by atoms with E-state index in [1.807, 2.05) is 0 Å². The average Bonchev–Trinajstić information content (AvgIpc) is 3.59. The van der Waals surface area contributed by atoms with Crippen LogP contribution in [-0.2, 0) is 32.4 Å². The number of thioether (sulfide) groups is 2. The largest absolute Gasteiger partial charge is 0.378 e. The fourth-order valence-corrected chi connectivity index (χ4v) is 8.31. The highest BCUT2D eigenvalue weighted by molar-refractivity contribution is 8.01. The van der Waals surface area contributed by atoms with Crippen molar-refractivity contribution in [2.24, 2.45) is 0 Å². The Hall–Kier alpha value is -2.14. The van der Waals surface area contributed by atoms with Gasteiger partial charge in [0, 0.05) is 21.9 Å². The first-order chi connectivity index (χ1) is 19.7. The summed E-state index contributed by atoms with van der Waals surface area (Å²) in [6, 6.07) is 13.0. The van der Waals surface area contributed by atoms with Crippen LogP contribution < -0.4 is 10.6 Å². The van der Waals surface area contributed by atoms with Crippen LogP contribution in [0.1, 0.15) is 80.7 Å². The number of hydrogen-bond acceptors (Lipinski definition) is 10. The molecule has 0 radical (unpaired) electrons. The van der Waals surface area contributed by atoms with E-state index in [4.69, 9.17) is 0 Å². The minimum atomic E-state index is 0.547. The SMILES string of the molecule is CCc1cccc(C)c1NCc1nnc(SC(C)C)s1.CCc1cccc(CC)c1NCc1nnc(SC(C)C)s1. The van der Waals surface area contributed by atoms with Gasteiger partial charge in [-0.05, 0) is 48.4 Å². The lowest BCUT2D eigenvalue weighted by atomic mass is 10.0. The van der Waals surface area contributed by atoms with Crippen LogP contribution in [0.25, 0.3) is 0 Å². The molecule has 2 heterocycles. The lowest BCUT2D eigenvalue weighted by Crippen LogP contribution is -2.05. The molecule has 10 heteroatoms. The number of benzene rings is 2. The summed E-state index contributed by atoms with van der Waals surface area (Å²) < 4.78 is 2.11. The number of nitrogens with zero attached hydrogens (tertiary/aromatic N) is 4. The van der Waals surface area contributed by atoms with Crippen LogP contribution >= 0.6 is 46.2 Å². The number of nitrogens with one attached hydrogen (secondary N) is 2. The average molecular weight is 629 g/mol. The van der Waals surface area contributed by atoms with Crippen molar-refractivity contribution in [2.75, 3.05) is 10.6 Å². The van der Waals surface area contributed by atoms with Gasteiger partial charge in [0.05, 0.1) is 13.1 Å². The maximum Gasteiger partial charge on any atom is 0.174 e. The molecule has 0 unspecified atom stereocenters. The molecule has 2 N–H and O–H groups in total. The first-order valence-corrected chi connectivity index (χ1v) is 17.8. The molecule has 0 spiro atoms. The van der Waals surface area contributed by atoms with Crippen LogP contribution in [0.2, 0.25) is 0 Å². The van der Waals surface area contributed by atoms with E-state index >= 15 is 0 Å². The smallest absolute Gasteiger partial charge is 0.174 e. The van der Waals surface area contributed by atoms with Gasteiger partial charge in [-0.25, -0.2) is 0 Å². The van der Waals surface area contributed by atoms with E-state index < -0.39 is 0 Å². The monoisotopic (exact) mass is 628 g/mol. The van der Waals surface area contributed by atoms with Gasteiger partial charge in [-0.1, -0.05) is 131 Å². The minimum absolute atomic E-state index is 0.547. The quantitative estimate of drug-likeness (QED) is 0.142. The summed E-state index contributed by atoms with van der Waals surface area (Å²) in [7, 11) is 0. The van der Waals surface area contributed by atoms with Gasteiger partial charge in [0.25, 0.3) is 0 Å². The fourth-order valence-electron chi connectivity index (χ4n) is 4.19. The summed E-state index contributed by atoms with van der Waals surface area (Å²) in [5.74, 6) is 0.